The van der Waals surface area contributed by atoms with Gasteiger partial charge in [0.15, 0.2) is 0 Å². The van der Waals surface area contributed by atoms with Crippen LogP contribution in [0.3, 0.4) is 0 Å². The molecule has 1 amide bonds. The summed E-state index contributed by atoms with van der Waals surface area (Å²) in [4.78, 5) is 12.2. The molecular formula is C13H25NO2. The molecule has 94 valence electrons. The van der Waals surface area contributed by atoms with E-state index in [0.717, 1.165) is 32.1 Å². The first kappa shape index (κ1) is 13.5. The zero-order valence-corrected chi connectivity index (χ0v) is 10.8. The summed E-state index contributed by atoms with van der Waals surface area (Å²) in [5.41, 5.74) is -0.679. The van der Waals surface area contributed by atoms with E-state index in [2.05, 4.69) is 12.2 Å². The fourth-order valence-electron chi connectivity index (χ4n) is 2.22. The quantitative estimate of drug-likeness (QED) is 0.774. The van der Waals surface area contributed by atoms with Crippen molar-refractivity contribution in [3.63, 3.8) is 0 Å². The van der Waals surface area contributed by atoms with E-state index in [1.807, 2.05) is 13.8 Å². The van der Waals surface area contributed by atoms with Gasteiger partial charge in [0.2, 0.25) is 5.91 Å². The summed E-state index contributed by atoms with van der Waals surface area (Å²) in [5, 5.41) is 12.3. The Bertz CT molecular complexity index is 240. The average molecular weight is 227 g/mol. The van der Waals surface area contributed by atoms with Gasteiger partial charge in [0.1, 0.15) is 0 Å². The monoisotopic (exact) mass is 227 g/mol. The van der Waals surface area contributed by atoms with Crippen LogP contribution in [0.15, 0.2) is 0 Å². The third-order valence-corrected chi connectivity index (χ3v) is 4.05. The molecular weight excluding hydrogens is 202 g/mol. The molecule has 1 aliphatic rings. The third kappa shape index (κ3) is 2.97. The van der Waals surface area contributed by atoms with Gasteiger partial charge in [-0.25, -0.2) is 0 Å². The highest BCUT2D eigenvalue weighted by Crippen LogP contribution is 2.36. The molecule has 1 unspecified atom stereocenters. The van der Waals surface area contributed by atoms with E-state index in [1.165, 1.54) is 6.42 Å². The molecule has 0 bridgehead atoms. The smallest absolute Gasteiger partial charge is 0.226 e. The van der Waals surface area contributed by atoms with Crippen molar-refractivity contribution in [3.8, 4) is 0 Å². The Labute approximate surface area is 98.6 Å². The normalized spacial score (nSPS) is 23.5. The molecule has 0 aromatic carbocycles. The number of hydrogen-bond acceptors (Lipinski definition) is 2. The zero-order valence-electron chi connectivity index (χ0n) is 10.8. The minimum Gasteiger partial charge on any atom is -0.394 e. The molecule has 0 aromatic rings. The van der Waals surface area contributed by atoms with Gasteiger partial charge in [0, 0.05) is 5.41 Å². The zero-order chi connectivity index (χ0) is 12.2. The van der Waals surface area contributed by atoms with Gasteiger partial charge in [0.25, 0.3) is 0 Å². The van der Waals surface area contributed by atoms with Crippen molar-refractivity contribution in [2.24, 2.45) is 5.41 Å². The lowest BCUT2D eigenvalue weighted by molar-refractivity contribution is -0.134. The van der Waals surface area contributed by atoms with E-state index >= 15 is 0 Å². The van der Waals surface area contributed by atoms with E-state index in [-0.39, 0.29) is 17.9 Å². The summed E-state index contributed by atoms with van der Waals surface area (Å²) in [5.74, 6) is 0.116. The van der Waals surface area contributed by atoms with Crippen molar-refractivity contribution in [1.29, 1.82) is 0 Å². The summed E-state index contributed by atoms with van der Waals surface area (Å²) >= 11 is 0. The molecule has 0 radical (unpaired) electrons. The number of rotatable bonds is 4. The first-order valence-electron chi connectivity index (χ1n) is 6.39. The fraction of sp³-hybridized carbons (Fsp3) is 0.923. The predicted molar refractivity (Wildman–Crippen MR) is 65.1 cm³/mol. The molecule has 16 heavy (non-hydrogen) atoms. The lowest BCUT2D eigenvalue weighted by atomic mass is 9.74. The highest BCUT2D eigenvalue weighted by Gasteiger charge is 2.37. The Morgan fingerprint density at radius 3 is 2.38 bits per heavy atom. The van der Waals surface area contributed by atoms with E-state index < -0.39 is 5.54 Å². The van der Waals surface area contributed by atoms with Crippen molar-refractivity contribution in [2.45, 2.75) is 64.8 Å². The van der Waals surface area contributed by atoms with Gasteiger partial charge in [-0.1, -0.05) is 33.1 Å². The van der Waals surface area contributed by atoms with Crippen molar-refractivity contribution in [2.75, 3.05) is 6.61 Å². The second-order valence-corrected chi connectivity index (χ2v) is 5.65. The molecule has 0 saturated heterocycles. The highest BCUT2D eigenvalue weighted by atomic mass is 16.3. The third-order valence-electron chi connectivity index (χ3n) is 4.05. The number of amides is 1. The van der Waals surface area contributed by atoms with E-state index in [4.69, 9.17) is 0 Å². The first-order chi connectivity index (χ1) is 7.46. The molecule has 3 heteroatoms. The Morgan fingerprint density at radius 2 is 1.94 bits per heavy atom. The number of carbonyl (C=O) groups is 1. The van der Waals surface area contributed by atoms with Crippen LogP contribution in [0.1, 0.15) is 59.3 Å². The summed E-state index contributed by atoms with van der Waals surface area (Å²) in [6, 6.07) is 0. The van der Waals surface area contributed by atoms with Crippen LogP contribution in [-0.2, 0) is 4.79 Å². The van der Waals surface area contributed by atoms with Gasteiger partial charge in [-0.3, -0.25) is 4.79 Å². The molecule has 0 heterocycles. The van der Waals surface area contributed by atoms with Crippen LogP contribution in [-0.4, -0.2) is 23.2 Å². The minimum atomic E-state index is -0.461. The van der Waals surface area contributed by atoms with Crippen LogP contribution in [0.4, 0.5) is 0 Å². The largest absolute Gasteiger partial charge is 0.394 e. The minimum absolute atomic E-state index is 0.00528. The van der Waals surface area contributed by atoms with Gasteiger partial charge < -0.3 is 10.4 Å². The van der Waals surface area contributed by atoms with Gasteiger partial charge in [-0.2, -0.15) is 0 Å². The SMILES string of the molecule is CCC(C)(CO)NC(=O)C1(C)CCCCC1. The van der Waals surface area contributed by atoms with Crippen LogP contribution in [0.2, 0.25) is 0 Å². The lowest BCUT2D eigenvalue weighted by Crippen LogP contribution is -2.53. The van der Waals surface area contributed by atoms with Crippen LogP contribution in [0.25, 0.3) is 0 Å². The molecule has 1 fully saturated rings. The number of hydrogen-bond donors (Lipinski definition) is 2. The first-order valence-corrected chi connectivity index (χ1v) is 6.39. The second-order valence-electron chi connectivity index (χ2n) is 5.65. The predicted octanol–water partition coefficient (Wildman–Crippen LogP) is 2.23. The maximum Gasteiger partial charge on any atom is 0.226 e. The summed E-state index contributed by atoms with van der Waals surface area (Å²) in [6.07, 6.45) is 6.24. The van der Waals surface area contributed by atoms with E-state index in [1.54, 1.807) is 0 Å². The number of carbonyl (C=O) groups excluding carboxylic acids is 1. The van der Waals surface area contributed by atoms with Crippen LogP contribution in [0, 0.1) is 5.41 Å². The Hall–Kier alpha value is -0.570. The standard InChI is InChI=1S/C13H25NO2/c1-4-13(3,10-15)14-11(16)12(2)8-6-5-7-9-12/h15H,4-10H2,1-3H3,(H,14,16). The molecule has 0 aliphatic heterocycles. The molecule has 3 nitrogen and oxygen atoms in total. The van der Waals surface area contributed by atoms with Crippen molar-refractivity contribution < 1.29 is 9.90 Å². The lowest BCUT2D eigenvalue weighted by Gasteiger charge is -2.36. The van der Waals surface area contributed by atoms with Crippen LogP contribution < -0.4 is 5.32 Å². The number of aliphatic hydroxyl groups is 1. The highest BCUT2D eigenvalue weighted by molar-refractivity contribution is 5.83. The number of aliphatic hydroxyl groups excluding tert-OH is 1. The van der Waals surface area contributed by atoms with Gasteiger partial charge in [-0.05, 0) is 26.2 Å². The molecule has 0 aromatic heterocycles. The Kier molecular flexibility index (Phi) is 4.36. The van der Waals surface area contributed by atoms with Crippen molar-refractivity contribution >= 4 is 5.91 Å². The van der Waals surface area contributed by atoms with Crippen LogP contribution in [0.5, 0.6) is 0 Å². The molecule has 1 rings (SSSR count). The summed E-state index contributed by atoms with van der Waals surface area (Å²) in [7, 11) is 0. The Morgan fingerprint density at radius 1 is 1.38 bits per heavy atom. The fourth-order valence-corrected chi connectivity index (χ4v) is 2.22. The van der Waals surface area contributed by atoms with Crippen molar-refractivity contribution in [1.82, 2.24) is 5.32 Å². The van der Waals surface area contributed by atoms with Crippen LogP contribution >= 0.6 is 0 Å². The molecule has 0 spiro atoms. The van der Waals surface area contributed by atoms with Gasteiger partial charge in [-0.15, -0.1) is 0 Å². The van der Waals surface area contributed by atoms with E-state index in [9.17, 15) is 9.90 Å². The van der Waals surface area contributed by atoms with E-state index in [0.29, 0.717) is 0 Å². The van der Waals surface area contributed by atoms with Gasteiger partial charge in [0.05, 0.1) is 12.1 Å². The summed E-state index contributed by atoms with van der Waals surface area (Å²) in [6.45, 7) is 5.94. The Balaban J connectivity index is 2.63. The van der Waals surface area contributed by atoms with Crippen molar-refractivity contribution in [3.05, 3.63) is 0 Å². The maximum absolute atomic E-state index is 12.2. The topological polar surface area (TPSA) is 49.3 Å². The second kappa shape index (κ2) is 5.17. The maximum atomic E-state index is 12.2. The molecule has 1 saturated carbocycles. The molecule has 1 atom stereocenters. The molecule has 2 N–H and O–H groups in total. The molecule has 1 aliphatic carbocycles. The average Bonchev–Trinajstić information content (AvgIpc) is 2.30. The number of nitrogens with one attached hydrogen (secondary N) is 1. The summed E-state index contributed by atoms with van der Waals surface area (Å²) < 4.78 is 0. The van der Waals surface area contributed by atoms with Gasteiger partial charge >= 0.3 is 0 Å².